The van der Waals surface area contributed by atoms with E-state index in [0.717, 1.165) is 42.8 Å². The van der Waals surface area contributed by atoms with Crippen LogP contribution in [0.3, 0.4) is 0 Å². The van der Waals surface area contributed by atoms with Gasteiger partial charge in [0, 0.05) is 49.3 Å². The lowest BCUT2D eigenvalue weighted by molar-refractivity contribution is -0.00115. The van der Waals surface area contributed by atoms with Crippen LogP contribution in [0.1, 0.15) is 49.7 Å². The first-order chi connectivity index (χ1) is 19.6. The van der Waals surface area contributed by atoms with Gasteiger partial charge in [-0.2, -0.15) is 0 Å². The second-order valence-electron chi connectivity index (χ2n) is 11.1. The zero-order valence-electron chi connectivity index (χ0n) is 22.8. The standard InChI is InChI=1S/C30H33FN3O6P/c1-2-39-28-22(17-26(20-3-4-20)27(32-28)21-5-7-23(31)8-6-21)18-33-15-13-30(14-16-33)19-34(29(35)40-30)24-9-11-25(12-10-24)41(36,37)38/h5-12,17,20H,2-4,13-16,18-19H2,1H3,(H2,36,37,38). The number of rotatable bonds is 8. The van der Waals surface area contributed by atoms with E-state index in [0.29, 0.717) is 50.0 Å². The van der Waals surface area contributed by atoms with E-state index in [-0.39, 0.29) is 11.1 Å². The average Bonchev–Trinajstić information content (AvgIpc) is 3.74. The average molecular weight is 582 g/mol. The summed E-state index contributed by atoms with van der Waals surface area (Å²) < 4.78 is 37.0. The number of hydrogen-bond donors (Lipinski definition) is 2. The molecule has 0 radical (unpaired) electrons. The molecule has 0 bridgehead atoms. The van der Waals surface area contributed by atoms with Crippen molar-refractivity contribution in [3.63, 3.8) is 0 Å². The molecule has 2 aromatic carbocycles. The number of carbonyl (C=O) groups is 1. The largest absolute Gasteiger partial charge is 0.478 e. The number of nitrogens with zero attached hydrogens (tertiary/aromatic N) is 3. The summed E-state index contributed by atoms with van der Waals surface area (Å²) in [4.78, 5) is 40.3. The summed E-state index contributed by atoms with van der Waals surface area (Å²) in [7, 11) is -4.35. The van der Waals surface area contributed by atoms with Crippen LogP contribution in [0.2, 0.25) is 0 Å². The second-order valence-corrected chi connectivity index (χ2v) is 12.7. The molecule has 1 amide bonds. The lowest BCUT2D eigenvalue weighted by Gasteiger charge is -2.37. The van der Waals surface area contributed by atoms with Crippen molar-refractivity contribution in [3.8, 4) is 17.1 Å². The molecule has 1 aromatic heterocycles. The van der Waals surface area contributed by atoms with Gasteiger partial charge >= 0.3 is 13.7 Å². The normalized spacial score (nSPS) is 19.0. The summed E-state index contributed by atoms with van der Waals surface area (Å²) in [5, 5.41) is -0.0895. The Labute approximate surface area is 238 Å². The minimum absolute atomic E-state index is 0.0895. The Hall–Kier alpha value is -3.30. The first-order valence-electron chi connectivity index (χ1n) is 14.0. The van der Waals surface area contributed by atoms with E-state index in [9.17, 15) is 23.5 Å². The van der Waals surface area contributed by atoms with Gasteiger partial charge in [-0.3, -0.25) is 14.4 Å². The van der Waals surface area contributed by atoms with Crippen LogP contribution < -0.4 is 14.9 Å². The number of carbonyl (C=O) groups excluding carboxylic acids is 1. The van der Waals surface area contributed by atoms with E-state index in [4.69, 9.17) is 14.5 Å². The lowest BCUT2D eigenvalue weighted by Crippen LogP contribution is -2.46. The fourth-order valence-electron chi connectivity index (χ4n) is 5.74. The molecule has 2 aliphatic heterocycles. The highest BCUT2D eigenvalue weighted by Gasteiger charge is 2.47. The molecule has 3 aromatic rings. The number of aromatic nitrogens is 1. The van der Waals surface area contributed by atoms with Crippen molar-refractivity contribution in [1.29, 1.82) is 0 Å². The highest BCUT2D eigenvalue weighted by atomic mass is 31.2. The predicted octanol–water partition coefficient (Wildman–Crippen LogP) is 4.96. The van der Waals surface area contributed by atoms with Crippen LogP contribution in [-0.4, -0.2) is 57.6 Å². The number of anilines is 1. The van der Waals surface area contributed by atoms with Crippen LogP contribution in [0.25, 0.3) is 11.3 Å². The summed E-state index contributed by atoms with van der Waals surface area (Å²) >= 11 is 0. The van der Waals surface area contributed by atoms with E-state index in [1.54, 1.807) is 24.3 Å². The van der Waals surface area contributed by atoms with Crippen LogP contribution in [-0.2, 0) is 15.8 Å². The van der Waals surface area contributed by atoms with Crippen molar-refractivity contribution >= 4 is 24.7 Å². The quantitative estimate of drug-likeness (QED) is 0.359. The molecule has 0 atom stereocenters. The maximum absolute atomic E-state index is 13.6. The summed E-state index contributed by atoms with van der Waals surface area (Å²) in [5.41, 5.74) is 3.86. The fourth-order valence-corrected chi connectivity index (χ4v) is 6.28. The van der Waals surface area contributed by atoms with Crippen LogP contribution in [0, 0.1) is 5.82 Å². The third kappa shape index (κ3) is 5.88. The van der Waals surface area contributed by atoms with Crippen molar-refractivity contribution in [2.75, 3.05) is 31.1 Å². The highest BCUT2D eigenvalue weighted by Crippen LogP contribution is 2.46. The third-order valence-corrected chi connectivity index (χ3v) is 9.11. The molecule has 6 rings (SSSR count). The Bertz CT molecular complexity index is 1480. The van der Waals surface area contributed by atoms with Gasteiger partial charge in [-0.15, -0.1) is 0 Å². The van der Waals surface area contributed by atoms with Crippen molar-refractivity contribution in [2.45, 2.75) is 50.7 Å². The maximum Gasteiger partial charge on any atom is 0.415 e. The molecular weight excluding hydrogens is 548 g/mol. The number of pyridine rings is 1. The van der Waals surface area contributed by atoms with E-state index in [1.165, 1.54) is 34.7 Å². The van der Waals surface area contributed by atoms with Gasteiger partial charge in [0.2, 0.25) is 5.88 Å². The third-order valence-electron chi connectivity index (χ3n) is 8.14. The fraction of sp³-hybridized carbons (Fsp3) is 0.400. The van der Waals surface area contributed by atoms with E-state index in [2.05, 4.69) is 11.0 Å². The Balaban J connectivity index is 1.16. The smallest absolute Gasteiger partial charge is 0.415 e. The molecule has 1 spiro atoms. The molecule has 2 N–H and O–H groups in total. The van der Waals surface area contributed by atoms with Crippen molar-refractivity contribution in [1.82, 2.24) is 9.88 Å². The molecule has 3 heterocycles. The number of amides is 1. The number of halogens is 1. The zero-order chi connectivity index (χ0) is 28.8. The summed E-state index contributed by atoms with van der Waals surface area (Å²) in [6, 6.07) is 14.4. The molecule has 11 heteroatoms. The number of benzene rings is 2. The van der Waals surface area contributed by atoms with Crippen LogP contribution >= 0.6 is 7.60 Å². The number of ether oxygens (including phenoxy) is 2. The minimum Gasteiger partial charge on any atom is -0.478 e. The van der Waals surface area contributed by atoms with Crippen molar-refractivity contribution in [3.05, 3.63) is 71.5 Å². The summed E-state index contributed by atoms with van der Waals surface area (Å²) in [6.45, 7) is 4.91. The zero-order valence-corrected chi connectivity index (χ0v) is 23.7. The maximum atomic E-state index is 13.6. The van der Waals surface area contributed by atoms with Gasteiger partial charge in [0.25, 0.3) is 0 Å². The van der Waals surface area contributed by atoms with Crippen LogP contribution in [0.5, 0.6) is 5.88 Å². The van der Waals surface area contributed by atoms with Gasteiger partial charge in [-0.05, 0) is 85.8 Å². The topological polar surface area (TPSA) is 112 Å². The Kier molecular flexibility index (Phi) is 7.36. The van der Waals surface area contributed by atoms with Crippen LogP contribution in [0.4, 0.5) is 14.9 Å². The first kappa shape index (κ1) is 27.8. The molecule has 2 saturated heterocycles. The highest BCUT2D eigenvalue weighted by molar-refractivity contribution is 7.60. The van der Waals surface area contributed by atoms with E-state index in [1.807, 2.05) is 6.92 Å². The number of piperidine rings is 1. The molecule has 1 saturated carbocycles. The molecule has 9 nitrogen and oxygen atoms in total. The SMILES string of the molecule is CCOc1nc(-c2ccc(F)cc2)c(C2CC2)cc1CN1CCC2(CC1)CN(c1ccc(P(=O)(O)O)cc1)C(=O)O2. The molecule has 1 aliphatic carbocycles. The Morgan fingerprint density at radius 2 is 1.78 bits per heavy atom. The second kappa shape index (κ2) is 10.8. The summed E-state index contributed by atoms with van der Waals surface area (Å²) in [6.07, 6.45) is 3.10. The first-order valence-corrected chi connectivity index (χ1v) is 15.6. The number of likely N-dealkylation sites (tertiary alicyclic amines) is 1. The van der Waals surface area contributed by atoms with Gasteiger partial charge in [-0.25, -0.2) is 14.2 Å². The Morgan fingerprint density at radius 1 is 1.10 bits per heavy atom. The molecule has 3 fully saturated rings. The Morgan fingerprint density at radius 3 is 2.39 bits per heavy atom. The van der Waals surface area contributed by atoms with Gasteiger partial charge < -0.3 is 19.3 Å². The predicted molar refractivity (Wildman–Crippen MR) is 152 cm³/mol. The van der Waals surface area contributed by atoms with Crippen LogP contribution in [0.15, 0.2) is 54.6 Å². The molecule has 0 unspecified atom stereocenters. The van der Waals surface area contributed by atoms with Gasteiger partial charge in [-0.1, -0.05) is 0 Å². The van der Waals surface area contributed by atoms with Gasteiger partial charge in [0.05, 0.1) is 24.2 Å². The molecular formula is C30H33FN3O6P. The molecule has 216 valence electrons. The molecule has 41 heavy (non-hydrogen) atoms. The summed E-state index contributed by atoms with van der Waals surface area (Å²) in [5.74, 6) is 0.759. The van der Waals surface area contributed by atoms with Crippen molar-refractivity contribution in [2.24, 2.45) is 0 Å². The van der Waals surface area contributed by atoms with E-state index >= 15 is 0 Å². The van der Waals surface area contributed by atoms with Gasteiger partial charge in [0.15, 0.2) is 0 Å². The minimum atomic E-state index is -4.35. The monoisotopic (exact) mass is 581 g/mol. The van der Waals surface area contributed by atoms with Gasteiger partial charge in [0.1, 0.15) is 11.4 Å². The lowest BCUT2D eigenvalue weighted by atomic mass is 9.91. The van der Waals surface area contributed by atoms with E-state index < -0.39 is 19.3 Å². The number of hydrogen-bond acceptors (Lipinski definition) is 6. The molecule has 3 aliphatic rings. The van der Waals surface area contributed by atoms with Crippen molar-refractivity contribution < 1.29 is 33.0 Å².